The molecule has 0 fully saturated rings. The van der Waals surface area contributed by atoms with E-state index in [4.69, 9.17) is 11.6 Å². The van der Waals surface area contributed by atoms with Crippen molar-refractivity contribution in [3.05, 3.63) is 102 Å². The first-order valence-corrected chi connectivity index (χ1v) is 11.1. The highest BCUT2D eigenvalue weighted by molar-refractivity contribution is 7.89. The molecule has 0 aliphatic rings. The highest BCUT2D eigenvalue weighted by Gasteiger charge is 2.14. The smallest absolute Gasteiger partial charge is 0.240 e. The number of hydrogen-bond acceptors (Lipinski definition) is 4. The Morgan fingerprint density at radius 1 is 0.833 bits per heavy atom. The van der Waals surface area contributed by atoms with E-state index in [0.29, 0.717) is 5.02 Å². The summed E-state index contributed by atoms with van der Waals surface area (Å²) in [5.74, 6) is 0. The number of pyridine rings is 2. The summed E-state index contributed by atoms with van der Waals surface area (Å²) in [5, 5.41) is 0.633. The number of nitrogens with zero attached hydrogens (tertiary/aromatic N) is 2. The Morgan fingerprint density at radius 3 is 2.37 bits per heavy atom. The van der Waals surface area contributed by atoms with E-state index in [1.165, 1.54) is 0 Å². The number of nitrogens with one attached hydrogen (secondary N) is 1. The molecule has 4 rings (SSSR count). The van der Waals surface area contributed by atoms with Gasteiger partial charge in [0.25, 0.3) is 0 Å². The van der Waals surface area contributed by atoms with Crippen molar-refractivity contribution < 1.29 is 8.42 Å². The SMILES string of the molecule is O=S(=O)(NCc1ccnc(-c2cccnc2)c1)c1ccc(-c2cccc(Cl)c2)cc1. The lowest BCUT2D eigenvalue weighted by atomic mass is 10.1. The molecule has 150 valence electrons. The first kappa shape index (κ1) is 20.2. The molecule has 0 saturated heterocycles. The fourth-order valence-electron chi connectivity index (χ4n) is 3.01. The molecule has 0 spiro atoms. The molecule has 2 aromatic heterocycles. The van der Waals surface area contributed by atoms with Gasteiger partial charge in [0.1, 0.15) is 0 Å². The van der Waals surface area contributed by atoms with Gasteiger partial charge in [-0.2, -0.15) is 0 Å². The van der Waals surface area contributed by atoms with Gasteiger partial charge in [-0.05, 0) is 65.2 Å². The predicted octanol–water partition coefficient (Wildman–Crippen LogP) is 4.94. The van der Waals surface area contributed by atoms with Crippen LogP contribution in [0.1, 0.15) is 5.56 Å². The van der Waals surface area contributed by atoms with Crippen LogP contribution in [0.25, 0.3) is 22.4 Å². The first-order chi connectivity index (χ1) is 14.5. The van der Waals surface area contributed by atoms with Crippen molar-refractivity contribution in [1.82, 2.24) is 14.7 Å². The predicted molar refractivity (Wildman–Crippen MR) is 118 cm³/mol. The minimum atomic E-state index is -3.65. The molecule has 0 saturated carbocycles. The molecule has 0 atom stereocenters. The number of benzene rings is 2. The number of hydrogen-bond donors (Lipinski definition) is 1. The topological polar surface area (TPSA) is 72.0 Å². The highest BCUT2D eigenvalue weighted by atomic mass is 35.5. The van der Waals surface area contributed by atoms with Crippen LogP contribution in [0, 0.1) is 0 Å². The summed E-state index contributed by atoms with van der Waals surface area (Å²) < 4.78 is 28.1. The summed E-state index contributed by atoms with van der Waals surface area (Å²) in [7, 11) is -3.65. The van der Waals surface area contributed by atoms with Gasteiger partial charge in [0, 0.05) is 35.7 Å². The fraction of sp³-hybridized carbons (Fsp3) is 0.0435. The zero-order chi connectivity index (χ0) is 21.0. The van der Waals surface area contributed by atoms with Gasteiger partial charge in [-0.15, -0.1) is 0 Å². The van der Waals surface area contributed by atoms with E-state index in [2.05, 4.69) is 14.7 Å². The lowest BCUT2D eigenvalue weighted by Crippen LogP contribution is -2.23. The van der Waals surface area contributed by atoms with E-state index in [9.17, 15) is 8.42 Å². The Hall–Kier alpha value is -3.06. The highest BCUT2D eigenvalue weighted by Crippen LogP contribution is 2.24. The van der Waals surface area contributed by atoms with Crippen LogP contribution in [0.5, 0.6) is 0 Å². The van der Waals surface area contributed by atoms with E-state index >= 15 is 0 Å². The van der Waals surface area contributed by atoms with Gasteiger partial charge in [0.15, 0.2) is 0 Å². The maximum absolute atomic E-state index is 12.7. The third-order valence-corrected chi connectivity index (χ3v) is 6.22. The van der Waals surface area contributed by atoms with Crippen LogP contribution < -0.4 is 4.72 Å². The Morgan fingerprint density at radius 2 is 1.63 bits per heavy atom. The molecule has 2 heterocycles. The summed E-state index contributed by atoms with van der Waals surface area (Å²) >= 11 is 6.03. The van der Waals surface area contributed by atoms with Crippen LogP contribution in [-0.4, -0.2) is 18.4 Å². The quantitative estimate of drug-likeness (QED) is 0.465. The van der Waals surface area contributed by atoms with Gasteiger partial charge in [-0.3, -0.25) is 9.97 Å². The molecule has 0 unspecified atom stereocenters. The Labute approximate surface area is 180 Å². The van der Waals surface area contributed by atoms with Crippen LogP contribution in [-0.2, 0) is 16.6 Å². The number of aromatic nitrogens is 2. The zero-order valence-corrected chi connectivity index (χ0v) is 17.4. The number of halogens is 1. The lowest BCUT2D eigenvalue weighted by molar-refractivity contribution is 0.581. The van der Waals surface area contributed by atoms with E-state index in [1.807, 2.05) is 36.4 Å². The molecular formula is C23H18ClN3O2S. The minimum Gasteiger partial charge on any atom is -0.264 e. The van der Waals surface area contributed by atoms with E-state index in [0.717, 1.165) is 27.9 Å². The molecule has 5 nitrogen and oxygen atoms in total. The van der Waals surface area contributed by atoms with Gasteiger partial charge in [0.05, 0.1) is 10.6 Å². The van der Waals surface area contributed by atoms with Crippen molar-refractivity contribution in [3.8, 4) is 22.4 Å². The van der Waals surface area contributed by atoms with E-state index in [-0.39, 0.29) is 11.4 Å². The molecule has 7 heteroatoms. The standard InChI is InChI=1S/C23H18ClN3O2S/c24-21-5-1-3-19(14-21)18-6-8-22(9-7-18)30(28,29)27-15-17-10-12-26-23(13-17)20-4-2-11-25-16-20/h1-14,16,27H,15H2. The normalized spacial score (nSPS) is 11.4. The third kappa shape index (κ3) is 4.74. The molecule has 0 aliphatic carbocycles. The van der Waals surface area contributed by atoms with Crippen LogP contribution in [0.2, 0.25) is 5.02 Å². The van der Waals surface area contributed by atoms with Gasteiger partial charge in [0.2, 0.25) is 10.0 Å². The van der Waals surface area contributed by atoms with Crippen molar-refractivity contribution in [2.75, 3.05) is 0 Å². The second-order valence-corrected chi connectivity index (χ2v) is 8.85. The van der Waals surface area contributed by atoms with Crippen LogP contribution in [0.15, 0.2) is 96.3 Å². The van der Waals surface area contributed by atoms with E-state index in [1.54, 1.807) is 55.0 Å². The van der Waals surface area contributed by atoms with Gasteiger partial charge >= 0.3 is 0 Å². The van der Waals surface area contributed by atoms with Gasteiger partial charge < -0.3 is 0 Å². The summed E-state index contributed by atoms with van der Waals surface area (Å²) in [6, 6.07) is 21.5. The molecule has 4 aromatic rings. The molecule has 30 heavy (non-hydrogen) atoms. The van der Waals surface area contributed by atoms with Crippen molar-refractivity contribution in [2.45, 2.75) is 11.4 Å². The Kier molecular flexibility index (Phi) is 5.90. The molecular weight excluding hydrogens is 418 g/mol. The Balaban J connectivity index is 1.48. The van der Waals surface area contributed by atoms with Crippen molar-refractivity contribution in [1.29, 1.82) is 0 Å². The van der Waals surface area contributed by atoms with Gasteiger partial charge in [-0.1, -0.05) is 35.9 Å². The molecule has 0 aliphatic heterocycles. The van der Waals surface area contributed by atoms with Crippen LogP contribution in [0.3, 0.4) is 0 Å². The summed E-state index contributed by atoms with van der Waals surface area (Å²) in [6.07, 6.45) is 5.07. The average molecular weight is 436 g/mol. The van der Waals surface area contributed by atoms with Crippen LogP contribution in [0.4, 0.5) is 0 Å². The largest absolute Gasteiger partial charge is 0.264 e. The van der Waals surface area contributed by atoms with Crippen molar-refractivity contribution >= 4 is 21.6 Å². The molecule has 2 aromatic carbocycles. The minimum absolute atomic E-state index is 0.161. The first-order valence-electron chi connectivity index (χ1n) is 9.22. The number of sulfonamides is 1. The summed E-state index contributed by atoms with van der Waals surface area (Å²) in [4.78, 5) is 8.62. The lowest BCUT2D eigenvalue weighted by Gasteiger charge is -2.09. The molecule has 0 bridgehead atoms. The second-order valence-electron chi connectivity index (χ2n) is 6.65. The maximum Gasteiger partial charge on any atom is 0.240 e. The maximum atomic E-state index is 12.7. The number of rotatable bonds is 6. The fourth-order valence-corrected chi connectivity index (χ4v) is 4.22. The third-order valence-electron chi connectivity index (χ3n) is 4.57. The Bertz CT molecular complexity index is 1260. The average Bonchev–Trinajstić information content (AvgIpc) is 2.79. The van der Waals surface area contributed by atoms with Crippen molar-refractivity contribution in [2.24, 2.45) is 0 Å². The monoisotopic (exact) mass is 435 g/mol. The summed E-state index contributed by atoms with van der Waals surface area (Å²) in [6.45, 7) is 0.161. The zero-order valence-electron chi connectivity index (χ0n) is 15.9. The van der Waals surface area contributed by atoms with Gasteiger partial charge in [-0.25, -0.2) is 13.1 Å². The van der Waals surface area contributed by atoms with Crippen molar-refractivity contribution in [3.63, 3.8) is 0 Å². The molecule has 0 amide bonds. The molecule has 1 N–H and O–H groups in total. The summed E-state index contributed by atoms with van der Waals surface area (Å²) in [5.41, 5.74) is 4.25. The molecule has 0 radical (unpaired) electrons. The van der Waals surface area contributed by atoms with E-state index < -0.39 is 10.0 Å². The van der Waals surface area contributed by atoms with Crippen LogP contribution >= 0.6 is 11.6 Å². The second kappa shape index (κ2) is 8.75.